The Morgan fingerprint density at radius 1 is 0.710 bits per heavy atom. The Labute approximate surface area is 197 Å². The highest BCUT2D eigenvalue weighted by Gasteiger charge is 2.19. The van der Waals surface area contributed by atoms with Gasteiger partial charge in [-0.2, -0.15) is 0 Å². The fraction of sp³-hybridized carbons (Fsp3) is 1.00. The Morgan fingerprint density at radius 2 is 1.29 bits per heavy atom. The Kier molecular flexibility index (Phi) is 23.5. The van der Waals surface area contributed by atoms with Gasteiger partial charge in [0.15, 0.2) is 6.29 Å². The van der Waals surface area contributed by atoms with Crippen molar-refractivity contribution in [2.24, 2.45) is 0 Å². The molecule has 0 bridgehead atoms. The summed E-state index contributed by atoms with van der Waals surface area (Å²) in [6, 6.07) is 0. The maximum Gasteiger partial charge on any atom is 0.168 e. The van der Waals surface area contributed by atoms with Crippen LogP contribution in [0.3, 0.4) is 0 Å². The molecule has 190 valence electrons. The monoisotopic (exact) mass is 463 g/mol. The molecule has 1 unspecified atom stereocenters. The Morgan fingerprint density at radius 3 is 1.97 bits per heavy atom. The Balaban J connectivity index is 4.14. The average molecular weight is 464 g/mol. The first-order chi connectivity index (χ1) is 15.1. The molecular weight excluding hydrogens is 406 g/mol. The normalized spacial score (nSPS) is 13.6. The maximum absolute atomic E-state index is 8.82. The minimum Gasteiger partial charge on any atom is -0.396 e. The predicted octanol–water partition coefficient (Wildman–Crippen LogP) is 7.19. The van der Waals surface area contributed by atoms with Crippen LogP contribution in [0, 0.1) is 0 Å². The zero-order chi connectivity index (χ0) is 23.0. The molecule has 0 heterocycles. The molecule has 1 atom stereocenters. The molecule has 0 aliphatic heterocycles. The summed E-state index contributed by atoms with van der Waals surface area (Å²) in [5, 5.41) is 12.3. The van der Waals surface area contributed by atoms with Gasteiger partial charge in [0, 0.05) is 13.2 Å². The van der Waals surface area contributed by atoms with Gasteiger partial charge in [-0.1, -0.05) is 71.6 Å². The van der Waals surface area contributed by atoms with Gasteiger partial charge in [0.1, 0.15) is 0 Å². The van der Waals surface area contributed by atoms with Crippen molar-refractivity contribution in [2.75, 3.05) is 44.6 Å². The van der Waals surface area contributed by atoms with E-state index in [0.717, 1.165) is 45.4 Å². The van der Waals surface area contributed by atoms with E-state index in [1.165, 1.54) is 82.8 Å². The average Bonchev–Trinajstić information content (AvgIpc) is 2.74. The third-order valence-corrected chi connectivity index (χ3v) is 7.72. The van der Waals surface area contributed by atoms with Crippen LogP contribution in [0.5, 0.6) is 0 Å². The smallest absolute Gasteiger partial charge is 0.168 e. The van der Waals surface area contributed by atoms with Crippen molar-refractivity contribution in [3.63, 3.8) is 0 Å². The molecule has 2 N–H and O–H groups in total. The maximum atomic E-state index is 8.82. The lowest BCUT2D eigenvalue weighted by molar-refractivity contribution is -0.0790. The van der Waals surface area contributed by atoms with E-state index in [1.54, 1.807) is 0 Å². The van der Waals surface area contributed by atoms with E-state index in [-0.39, 0.29) is 6.29 Å². The largest absolute Gasteiger partial charge is 0.396 e. The first kappa shape index (κ1) is 31.2. The van der Waals surface area contributed by atoms with Crippen molar-refractivity contribution in [3.8, 4) is 0 Å². The SMILES string of the molecule is CCCCCCCCOC(CCCCCNCCCCO)OS(C)(C)CCCCCC. The van der Waals surface area contributed by atoms with Gasteiger partial charge in [-0.05, 0) is 76.3 Å². The second-order valence-corrected chi connectivity index (χ2v) is 12.9. The van der Waals surface area contributed by atoms with Crippen molar-refractivity contribution < 1.29 is 14.0 Å². The minimum atomic E-state index is -1.03. The highest BCUT2D eigenvalue weighted by molar-refractivity contribution is 8.28. The highest BCUT2D eigenvalue weighted by Crippen LogP contribution is 2.44. The summed E-state index contributed by atoms with van der Waals surface area (Å²) in [6.45, 7) is 7.77. The van der Waals surface area contributed by atoms with Gasteiger partial charge in [-0.3, -0.25) is 0 Å². The van der Waals surface area contributed by atoms with Crippen LogP contribution in [0.15, 0.2) is 0 Å². The molecule has 0 saturated carbocycles. The molecule has 0 rings (SSSR count). The summed E-state index contributed by atoms with van der Waals surface area (Å²) in [7, 11) is -1.03. The number of aliphatic hydroxyl groups is 1. The van der Waals surface area contributed by atoms with Crippen LogP contribution in [-0.4, -0.2) is 56.0 Å². The fourth-order valence-corrected chi connectivity index (χ4v) is 5.42. The van der Waals surface area contributed by atoms with Crippen molar-refractivity contribution in [2.45, 2.75) is 123 Å². The summed E-state index contributed by atoms with van der Waals surface area (Å²) >= 11 is 0. The number of aliphatic hydroxyl groups excluding tert-OH is 1. The Hall–Kier alpha value is 0.190. The van der Waals surface area contributed by atoms with E-state index in [2.05, 4.69) is 31.7 Å². The number of rotatable bonds is 25. The molecule has 0 aromatic heterocycles. The van der Waals surface area contributed by atoms with Crippen LogP contribution in [0.2, 0.25) is 0 Å². The molecule has 31 heavy (non-hydrogen) atoms. The lowest BCUT2D eigenvalue weighted by atomic mass is 10.1. The van der Waals surface area contributed by atoms with Crippen LogP contribution >= 0.6 is 10.3 Å². The third kappa shape index (κ3) is 23.2. The number of ether oxygens (including phenoxy) is 1. The quantitative estimate of drug-likeness (QED) is 0.111. The number of nitrogens with one attached hydrogen (secondary N) is 1. The lowest BCUT2D eigenvalue weighted by Crippen LogP contribution is -2.22. The van der Waals surface area contributed by atoms with Gasteiger partial charge in [-0.15, -0.1) is 10.3 Å². The van der Waals surface area contributed by atoms with Crippen LogP contribution in [0.25, 0.3) is 0 Å². The fourth-order valence-electron chi connectivity index (χ4n) is 3.70. The predicted molar refractivity (Wildman–Crippen MR) is 140 cm³/mol. The van der Waals surface area contributed by atoms with Gasteiger partial charge >= 0.3 is 0 Å². The first-order valence-corrected chi connectivity index (χ1v) is 15.9. The van der Waals surface area contributed by atoms with E-state index in [4.69, 9.17) is 14.0 Å². The zero-order valence-corrected chi connectivity index (χ0v) is 22.4. The van der Waals surface area contributed by atoms with Crippen LogP contribution in [0.4, 0.5) is 0 Å². The van der Waals surface area contributed by atoms with Crippen molar-refractivity contribution in [1.29, 1.82) is 0 Å². The molecule has 0 aromatic carbocycles. The van der Waals surface area contributed by atoms with Gasteiger partial charge in [0.05, 0.1) is 0 Å². The van der Waals surface area contributed by atoms with Crippen LogP contribution < -0.4 is 5.32 Å². The van der Waals surface area contributed by atoms with E-state index in [0.29, 0.717) is 6.61 Å². The van der Waals surface area contributed by atoms with Gasteiger partial charge in [0.2, 0.25) is 0 Å². The van der Waals surface area contributed by atoms with Gasteiger partial charge in [0.25, 0.3) is 0 Å². The van der Waals surface area contributed by atoms with Crippen LogP contribution in [-0.2, 0) is 8.92 Å². The number of hydrogen-bond donors (Lipinski definition) is 2. The summed E-state index contributed by atoms with van der Waals surface area (Å²) in [5.74, 6) is 1.20. The first-order valence-electron chi connectivity index (χ1n) is 13.4. The topological polar surface area (TPSA) is 50.7 Å². The standard InChI is InChI=1S/C26H57NO3S/c1-5-7-9-11-12-18-24-29-26(30-31(3,4)25-19-10-8-6-2)20-14-13-15-21-27-22-16-17-23-28/h26-28H,5-25H2,1-4H3. The molecule has 0 fully saturated rings. The van der Waals surface area contributed by atoms with Crippen molar-refractivity contribution in [3.05, 3.63) is 0 Å². The van der Waals surface area contributed by atoms with E-state index < -0.39 is 10.3 Å². The summed E-state index contributed by atoms with van der Waals surface area (Å²) in [6.07, 6.45) is 24.2. The lowest BCUT2D eigenvalue weighted by Gasteiger charge is -2.35. The molecule has 0 spiro atoms. The molecule has 0 saturated heterocycles. The summed E-state index contributed by atoms with van der Waals surface area (Å²) < 4.78 is 12.8. The summed E-state index contributed by atoms with van der Waals surface area (Å²) in [5.41, 5.74) is 0. The molecule has 0 aliphatic rings. The molecule has 0 radical (unpaired) electrons. The number of hydrogen-bond acceptors (Lipinski definition) is 4. The zero-order valence-electron chi connectivity index (χ0n) is 21.6. The molecular formula is C26H57NO3S. The molecule has 5 heteroatoms. The molecule has 0 aromatic rings. The van der Waals surface area contributed by atoms with Crippen LogP contribution in [0.1, 0.15) is 117 Å². The van der Waals surface area contributed by atoms with Gasteiger partial charge < -0.3 is 19.3 Å². The number of unbranched alkanes of at least 4 members (excludes halogenated alkanes) is 11. The summed E-state index contributed by atoms with van der Waals surface area (Å²) in [4.78, 5) is 0. The molecule has 0 aliphatic carbocycles. The molecule has 4 nitrogen and oxygen atoms in total. The van der Waals surface area contributed by atoms with E-state index in [1.807, 2.05) is 0 Å². The Bertz CT molecular complexity index is 356. The second-order valence-electron chi connectivity index (χ2n) is 9.40. The van der Waals surface area contributed by atoms with Crippen molar-refractivity contribution >= 4 is 10.3 Å². The highest BCUT2D eigenvalue weighted by atomic mass is 32.3. The van der Waals surface area contributed by atoms with E-state index >= 15 is 0 Å². The molecule has 0 amide bonds. The second kappa shape index (κ2) is 23.4. The third-order valence-electron chi connectivity index (χ3n) is 5.71. The minimum absolute atomic E-state index is 0.0238. The van der Waals surface area contributed by atoms with Gasteiger partial charge in [-0.25, -0.2) is 0 Å². The van der Waals surface area contributed by atoms with E-state index in [9.17, 15) is 0 Å². The van der Waals surface area contributed by atoms with Crippen molar-refractivity contribution in [1.82, 2.24) is 5.32 Å².